The number of hydrogen-bond donors (Lipinski definition) is 0. The average Bonchev–Trinajstić information content (AvgIpc) is 3.43. The fourth-order valence-corrected chi connectivity index (χ4v) is 5.61. The number of carbonyl (C=O) groups excluding carboxylic acids is 1. The van der Waals surface area contributed by atoms with Gasteiger partial charge in [-0.25, -0.2) is 4.79 Å². The molecule has 0 spiro atoms. The van der Waals surface area contributed by atoms with Crippen LogP contribution in [0, 0.1) is 6.92 Å². The molecule has 1 saturated heterocycles. The van der Waals surface area contributed by atoms with Gasteiger partial charge in [-0.2, -0.15) is 4.57 Å². The fraction of sp³-hybridized carbons (Fsp3) is 0.862. The highest BCUT2D eigenvalue weighted by Gasteiger charge is 2.30. The third-order valence-corrected chi connectivity index (χ3v) is 7.96. The molecule has 1 amide bonds. The van der Waals surface area contributed by atoms with Crippen LogP contribution in [0.5, 0.6) is 0 Å². The quantitative estimate of drug-likeness (QED) is 0.136. The van der Waals surface area contributed by atoms with E-state index in [0.717, 1.165) is 45.4 Å². The minimum Gasteiger partial charge on any atom is -1.00 e. The number of aryl methyl sites for hydroxylation is 2. The van der Waals surface area contributed by atoms with E-state index in [1.165, 1.54) is 89.2 Å². The van der Waals surface area contributed by atoms with Gasteiger partial charge in [-0.15, -0.1) is 0 Å². The Kier molecular flexibility index (Phi) is 20.7. The van der Waals surface area contributed by atoms with Gasteiger partial charge in [-0.05, 0) is 19.3 Å². The van der Waals surface area contributed by atoms with Gasteiger partial charge < -0.3 is 31.4 Å². The molecule has 210 valence electrons. The molecule has 0 saturated carbocycles. The summed E-state index contributed by atoms with van der Waals surface area (Å²) in [7, 11) is 0. The van der Waals surface area contributed by atoms with Gasteiger partial charge in [-0.3, -0.25) is 0 Å². The van der Waals surface area contributed by atoms with Gasteiger partial charge in [0.05, 0.1) is 18.5 Å². The van der Waals surface area contributed by atoms with E-state index in [0.29, 0.717) is 13.2 Å². The maximum atomic E-state index is 12.1. The molecule has 0 radical (unpaired) electrons. The van der Waals surface area contributed by atoms with Crippen LogP contribution in [0.3, 0.4) is 0 Å². The van der Waals surface area contributed by atoms with Crippen molar-refractivity contribution in [1.82, 2.24) is 4.90 Å². The highest BCUT2D eigenvalue weighted by molar-refractivity contribution is 7.07. The van der Waals surface area contributed by atoms with Gasteiger partial charge in [0.2, 0.25) is 5.51 Å². The van der Waals surface area contributed by atoms with E-state index in [-0.39, 0.29) is 29.2 Å². The minimum atomic E-state index is -0.168. The predicted molar refractivity (Wildman–Crippen MR) is 146 cm³/mol. The average molecular weight is 590 g/mol. The summed E-state index contributed by atoms with van der Waals surface area (Å²) in [5.74, 6) is 0. The van der Waals surface area contributed by atoms with Crippen molar-refractivity contribution in [2.45, 2.75) is 136 Å². The van der Waals surface area contributed by atoms with Crippen LogP contribution < -0.4 is 21.5 Å². The lowest BCUT2D eigenvalue weighted by Gasteiger charge is -2.12. The summed E-state index contributed by atoms with van der Waals surface area (Å²) in [6.45, 7) is 8.29. The Morgan fingerprint density at radius 3 is 2.08 bits per heavy atom. The van der Waals surface area contributed by atoms with E-state index >= 15 is 0 Å². The second kappa shape index (κ2) is 22.3. The van der Waals surface area contributed by atoms with Crippen LogP contribution in [0.2, 0.25) is 0 Å². The molecule has 0 aromatic carbocycles. The summed E-state index contributed by atoms with van der Waals surface area (Å²) >= 11 is 1.75. The molecule has 1 aromatic rings. The van der Waals surface area contributed by atoms with Gasteiger partial charge in [-0.1, -0.05) is 102 Å². The lowest BCUT2D eigenvalue weighted by atomic mass is 10.0. The standard InChI is InChI=1S/C29H53N2O3S.BrH/c1-3-4-5-6-7-8-9-10-11-12-13-14-15-19-22-33-24-28-23-30(29(32)34-28)20-17-16-18-21-31-26-35-25-27(31)2;/h25-26,28H,3-24H2,1-2H3;1H/q+1;/p-1. The number of hydrogen-bond acceptors (Lipinski definition) is 4. The van der Waals surface area contributed by atoms with Crippen LogP contribution in [0.1, 0.15) is 122 Å². The molecule has 1 aliphatic rings. The Balaban J connectivity index is 0.00000648. The molecule has 0 aliphatic carbocycles. The van der Waals surface area contributed by atoms with Crippen LogP contribution in [-0.4, -0.2) is 43.4 Å². The molecule has 1 aliphatic heterocycles. The first-order valence-electron chi connectivity index (χ1n) is 14.7. The summed E-state index contributed by atoms with van der Waals surface area (Å²) in [5.41, 5.74) is 3.51. The fourth-order valence-electron chi connectivity index (χ4n) is 4.80. The van der Waals surface area contributed by atoms with Crippen LogP contribution in [0.15, 0.2) is 10.9 Å². The summed E-state index contributed by atoms with van der Waals surface area (Å²) in [5, 5.41) is 2.18. The van der Waals surface area contributed by atoms with Crippen molar-refractivity contribution >= 4 is 17.4 Å². The zero-order valence-electron chi connectivity index (χ0n) is 23.2. The van der Waals surface area contributed by atoms with Gasteiger partial charge in [0, 0.05) is 26.5 Å². The maximum Gasteiger partial charge on any atom is 0.410 e. The summed E-state index contributed by atoms with van der Waals surface area (Å²) in [4.78, 5) is 13.9. The minimum absolute atomic E-state index is 0. The summed E-state index contributed by atoms with van der Waals surface area (Å²) in [6.07, 6.45) is 22.2. The highest BCUT2D eigenvalue weighted by Crippen LogP contribution is 2.15. The normalized spacial score (nSPS) is 15.3. The number of carbonyl (C=O) groups is 1. The molecule has 0 bridgehead atoms. The molecule has 36 heavy (non-hydrogen) atoms. The third-order valence-electron chi connectivity index (χ3n) is 7.10. The first-order chi connectivity index (χ1) is 17.2. The monoisotopic (exact) mass is 588 g/mol. The number of thiazole rings is 1. The lowest BCUT2D eigenvalue weighted by molar-refractivity contribution is -0.698. The number of nitrogens with zero attached hydrogens (tertiary/aromatic N) is 2. The van der Waals surface area contributed by atoms with Crippen molar-refractivity contribution in [1.29, 1.82) is 0 Å². The molecule has 1 fully saturated rings. The van der Waals surface area contributed by atoms with E-state index in [2.05, 4.69) is 29.3 Å². The van der Waals surface area contributed by atoms with Crippen molar-refractivity contribution in [3.8, 4) is 0 Å². The van der Waals surface area contributed by atoms with Crippen molar-refractivity contribution < 1.29 is 35.8 Å². The van der Waals surface area contributed by atoms with Crippen LogP contribution >= 0.6 is 11.3 Å². The number of halogens is 1. The SMILES string of the molecule is CCCCCCCCCCCCCCCCOCC1CN(CCCCC[n+]2cscc2C)C(=O)O1.[Br-]. The summed E-state index contributed by atoms with van der Waals surface area (Å²) in [6, 6.07) is 0. The molecule has 1 atom stereocenters. The smallest absolute Gasteiger partial charge is 0.410 e. The van der Waals surface area contributed by atoms with E-state index in [1.807, 2.05) is 4.90 Å². The topological polar surface area (TPSA) is 42.7 Å². The van der Waals surface area contributed by atoms with E-state index < -0.39 is 0 Å². The molecule has 2 heterocycles. The second-order valence-corrected chi connectivity index (χ2v) is 11.1. The molecular formula is C29H53BrN2O3S. The molecule has 1 unspecified atom stereocenters. The molecule has 7 heteroatoms. The second-order valence-electron chi connectivity index (χ2n) is 10.4. The zero-order valence-corrected chi connectivity index (χ0v) is 25.6. The van der Waals surface area contributed by atoms with E-state index in [4.69, 9.17) is 9.47 Å². The van der Waals surface area contributed by atoms with E-state index in [9.17, 15) is 4.79 Å². The highest BCUT2D eigenvalue weighted by atomic mass is 79.9. The molecular weight excluding hydrogens is 536 g/mol. The van der Waals surface area contributed by atoms with Gasteiger partial charge in [0.1, 0.15) is 12.6 Å². The Hall–Kier alpha value is -0.660. The number of rotatable bonds is 23. The molecule has 5 nitrogen and oxygen atoms in total. The van der Waals surface area contributed by atoms with Crippen molar-refractivity contribution in [3.05, 3.63) is 16.6 Å². The Labute approximate surface area is 236 Å². The van der Waals surface area contributed by atoms with Crippen LogP contribution in [0.25, 0.3) is 0 Å². The van der Waals surface area contributed by atoms with Crippen molar-refractivity contribution in [3.63, 3.8) is 0 Å². The Morgan fingerprint density at radius 1 is 0.917 bits per heavy atom. The largest absolute Gasteiger partial charge is 1.00 e. The lowest BCUT2D eigenvalue weighted by Crippen LogP contribution is -3.00. The maximum absolute atomic E-state index is 12.1. The van der Waals surface area contributed by atoms with Crippen LogP contribution in [0.4, 0.5) is 4.79 Å². The van der Waals surface area contributed by atoms with E-state index in [1.54, 1.807) is 11.3 Å². The van der Waals surface area contributed by atoms with Crippen LogP contribution in [-0.2, 0) is 16.0 Å². The first kappa shape index (κ1) is 33.4. The third kappa shape index (κ3) is 15.6. The van der Waals surface area contributed by atoms with Crippen molar-refractivity contribution in [2.24, 2.45) is 0 Å². The van der Waals surface area contributed by atoms with Gasteiger partial charge >= 0.3 is 6.09 Å². The van der Waals surface area contributed by atoms with Gasteiger partial charge in [0.15, 0.2) is 5.69 Å². The Bertz CT molecular complexity index is 658. The van der Waals surface area contributed by atoms with Crippen molar-refractivity contribution in [2.75, 3.05) is 26.3 Å². The number of ether oxygens (including phenoxy) is 2. The number of unbranched alkanes of at least 4 members (excludes halogenated alkanes) is 15. The number of aromatic nitrogens is 1. The molecule has 1 aromatic heterocycles. The number of amides is 1. The molecule has 0 N–H and O–H groups in total. The first-order valence-corrected chi connectivity index (χ1v) is 15.6. The zero-order chi connectivity index (χ0) is 25.0. The molecule has 2 rings (SSSR count). The number of cyclic esters (lactones) is 1. The predicted octanol–water partition coefficient (Wildman–Crippen LogP) is 4.84. The Morgan fingerprint density at radius 2 is 1.50 bits per heavy atom. The van der Waals surface area contributed by atoms with Gasteiger partial charge in [0.25, 0.3) is 0 Å². The summed E-state index contributed by atoms with van der Waals surface area (Å²) < 4.78 is 13.6.